The van der Waals surface area contributed by atoms with Gasteiger partial charge < -0.3 is 10.4 Å². The van der Waals surface area contributed by atoms with E-state index in [9.17, 15) is 5.11 Å². The lowest BCUT2D eigenvalue weighted by atomic mass is 9.96. The molecule has 2 rings (SSSR count). The van der Waals surface area contributed by atoms with Crippen LogP contribution in [0.1, 0.15) is 23.9 Å². The van der Waals surface area contributed by atoms with Crippen LogP contribution in [0.4, 0.5) is 5.69 Å². The molecule has 0 saturated heterocycles. The monoisotopic (exact) mass is 257 g/mol. The van der Waals surface area contributed by atoms with Gasteiger partial charge in [0.1, 0.15) is 5.54 Å². The van der Waals surface area contributed by atoms with Gasteiger partial charge in [-0.15, -0.1) is 0 Å². The molecular formula is C15H19N3O. The Balaban J connectivity index is 2.36. The van der Waals surface area contributed by atoms with E-state index in [0.29, 0.717) is 0 Å². The quantitative estimate of drug-likeness (QED) is 0.883. The van der Waals surface area contributed by atoms with E-state index in [2.05, 4.69) is 15.3 Å². The van der Waals surface area contributed by atoms with Crippen molar-refractivity contribution in [2.75, 3.05) is 11.9 Å². The summed E-state index contributed by atoms with van der Waals surface area (Å²) >= 11 is 0. The molecule has 1 aromatic heterocycles. The molecule has 0 aliphatic heterocycles. The van der Waals surface area contributed by atoms with Gasteiger partial charge in [-0.2, -0.15) is 0 Å². The van der Waals surface area contributed by atoms with Crippen LogP contribution in [0.5, 0.6) is 0 Å². The van der Waals surface area contributed by atoms with Crippen LogP contribution in [-0.2, 0) is 5.54 Å². The molecule has 0 spiro atoms. The van der Waals surface area contributed by atoms with Crippen molar-refractivity contribution < 1.29 is 5.11 Å². The Labute approximate surface area is 113 Å². The second-order valence-corrected chi connectivity index (χ2v) is 4.98. The highest BCUT2D eigenvalue weighted by molar-refractivity contribution is 5.49. The van der Waals surface area contributed by atoms with E-state index in [0.717, 1.165) is 17.1 Å². The number of benzene rings is 1. The van der Waals surface area contributed by atoms with E-state index in [-0.39, 0.29) is 6.61 Å². The second kappa shape index (κ2) is 5.36. The van der Waals surface area contributed by atoms with Gasteiger partial charge in [0.15, 0.2) is 0 Å². The van der Waals surface area contributed by atoms with Crippen molar-refractivity contribution in [2.24, 2.45) is 0 Å². The number of aliphatic hydroxyl groups is 1. The fraction of sp³-hybridized carbons (Fsp3) is 0.333. The zero-order valence-corrected chi connectivity index (χ0v) is 11.5. The molecule has 0 aliphatic carbocycles. The predicted molar refractivity (Wildman–Crippen MR) is 76.0 cm³/mol. The first-order valence-electron chi connectivity index (χ1n) is 6.29. The van der Waals surface area contributed by atoms with E-state index in [1.807, 2.05) is 45.0 Å². The van der Waals surface area contributed by atoms with Crippen LogP contribution >= 0.6 is 0 Å². The van der Waals surface area contributed by atoms with Gasteiger partial charge in [-0.05, 0) is 38.5 Å². The van der Waals surface area contributed by atoms with Crippen LogP contribution in [0.3, 0.4) is 0 Å². The second-order valence-electron chi connectivity index (χ2n) is 4.98. The number of anilines is 1. The first-order chi connectivity index (χ1) is 9.05. The molecule has 0 radical (unpaired) electrons. The van der Waals surface area contributed by atoms with Crippen molar-refractivity contribution in [1.29, 1.82) is 0 Å². The van der Waals surface area contributed by atoms with Crippen LogP contribution in [0.25, 0.3) is 0 Å². The van der Waals surface area contributed by atoms with Gasteiger partial charge in [-0.1, -0.05) is 12.1 Å². The fourth-order valence-corrected chi connectivity index (χ4v) is 2.16. The number of aryl methyl sites for hydroxylation is 2. The summed E-state index contributed by atoms with van der Waals surface area (Å²) in [6, 6.07) is 8.04. The summed E-state index contributed by atoms with van der Waals surface area (Å²) in [5.74, 6) is 0. The number of hydrogen-bond acceptors (Lipinski definition) is 4. The fourth-order valence-electron chi connectivity index (χ4n) is 2.16. The Morgan fingerprint density at radius 3 is 2.58 bits per heavy atom. The Morgan fingerprint density at radius 2 is 1.95 bits per heavy atom. The molecule has 1 aromatic carbocycles. The summed E-state index contributed by atoms with van der Waals surface area (Å²) in [6.07, 6.45) is 3.30. The molecule has 0 aliphatic rings. The Hall–Kier alpha value is -1.94. The molecule has 1 unspecified atom stereocenters. The van der Waals surface area contributed by atoms with Gasteiger partial charge >= 0.3 is 0 Å². The molecule has 0 bridgehead atoms. The van der Waals surface area contributed by atoms with Crippen molar-refractivity contribution >= 4 is 5.69 Å². The molecule has 19 heavy (non-hydrogen) atoms. The van der Waals surface area contributed by atoms with Gasteiger partial charge in [0.2, 0.25) is 0 Å². The van der Waals surface area contributed by atoms with Crippen molar-refractivity contribution in [3.05, 3.63) is 53.6 Å². The molecule has 2 N–H and O–H groups in total. The number of rotatable bonds is 4. The SMILES string of the molecule is Cc1cccc(NC(C)(CO)c2nccnc2C)c1. The minimum absolute atomic E-state index is 0.0551. The summed E-state index contributed by atoms with van der Waals surface area (Å²) in [4.78, 5) is 8.59. The molecular weight excluding hydrogens is 238 g/mol. The number of nitrogens with one attached hydrogen (secondary N) is 1. The van der Waals surface area contributed by atoms with Gasteiger partial charge in [0.05, 0.1) is 18.0 Å². The van der Waals surface area contributed by atoms with Crippen LogP contribution in [-0.4, -0.2) is 21.7 Å². The molecule has 100 valence electrons. The Morgan fingerprint density at radius 1 is 1.21 bits per heavy atom. The van der Waals surface area contributed by atoms with E-state index in [4.69, 9.17) is 0 Å². The smallest absolute Gasteiger partial charge is 0.102 e. The van der Waals surface area contributed by atoms with E-state index in [1.54, 1.807) is 12.4 Å². The van der Waals surface area contributed by atoms with E-state index < -0.39 is 5.54 Å². The van der Waals surface area contributed by atoms with Crippen molar-refractivity contribution in [3.8, 4) is 0 Å². The summed E-state index contributed by atoms with van der Waals surface area (Å²) in [6.45, 7) is 5.80. The summed E-state index contributed by atoms with van der Waals surface area (Å²) < 4.78 is 0. The average Bonchev–Trinajstić information content (AvgIpc) is 2.39. The number of aliphatic hydroxyl groups excluding tert-OH is 1. The summed E-state index contributed by atoms with van der Waals surface area (Å²) in [5.41, 5.74) is 3.06. The third-order valence-electron chi connectivity index (χ3n) is 3.16. The first kappa shape index (κ1) is 13.5. The maximum absolute atomic E-state index is 9.76. The lowest BCUT2D eigenvalue weighted by Gasteiger charge is -2.30. The topological polar surface area (TPSA) is 58.0 Å². The van der Waals surface area contributed by atoms with Crippen molar-refractivity contribution in [3.63, 3.8) is 0 Å². The highest BCUT2D eigenvalue weighted by atomic mass is 16.3. The van der Waals surface area contributed by atoms with Crippen LogP contribution < -0.4 is 5.32 Å². The first-order valence-corrected chi connectivity index (χ1v) is 6.29. The molecule has 4 nitrogen and oxygen atoms in total. The molecule has 0 saturated carbocycles. The highest BCUT2D eigenvalue weighted by Gasteiger charge is 2.29. The minimum Gasteiger partial charge on any atom is -0.394 e. The maximum atomic E-state index is 9.76. The normalized spacial score (nSPS) is 13.9. The third-order valence-corrected chi connectivity index (χ3v) is 3.16. The average molecular weight is 257 g/mol. The van der Waals surface area contributed by atoms with Crippen LogP contribution in [0.15, 0.2) is 36.7 Å². The molecule has 4 heteroatoms. The molecule has 0 amide bonds. The summed E-state index contributed by atoms with van der Waals surface area (Å²) in [7, 11) is 0. The third kappa shape index (κ3) is 2.90. The number of hydrogen-bond donors (Lipinski definition) is 2. The van der Waals surface area contributed by atoms with Gasteiger partial charge in [-0.25, -0.2) is 0 Å². The maximum Gasteiger partial charge on any atom is 0.102 e. The largest absolute Gasteiger partial charge is 0.394 e. The Bertz CT molecular complexity index is 571. The van der Waals surface area contributed by atoms with E-state index >= 15 is 0 Å². The lowest BCUT2D eigenvalue weighted by molar-refractivity contribution is 0.220. The number of aromatic nitrogens is 2. The highest BCUT2D eigenvalue weighted by Crippen LogP contribution is 2.26. The number of nitrogens with zero attached hydrogens (tertiary/aromatic N) is 2. The Kier molecular flexibility index (Phi) is 3.81. The zero-order valence-electron chi connectivity index (χ0n) is 11.5. The minimum atomic E-state index is -0.647. The van der Waals surface area contributed by atoms with Gasteiger partial charge in [0.25, 0.3) is 0 Å². The zero-order chi connectivity index (χ0) is 13.9. The van der Waals surface area contributed by atoms with Crippen LogP contribution in [0.2, 0.25) is 0 Å². The predicted octanol–water partition coefficient (Wildman–Crippen LogP) is 2.41. The van der Waals surface area contributed by atoms with Gasteiger partial charge in [-0.3, -0.25) is 9.97 Å². The van der Waals surface area contributed by atoms with E-state index in [1.165, 1.54) is 5.56 Å². The van der Waals surface area contributed by atoms with Crippen molar-refractivity contribution in [2.45, 2.75) is 26.3 Å². The lowest BCUT2D eigenvalue weighted by Crippen LogP contribution is -2.37. The molecule has 1 heterocycles. The standard InChI is InChI=1S/C15H19N3O/c1-11-5-4-6-13(9-11)18-15(3,10-19)14-12(2)16-7-8-17-14/h4-9,18-19H,10H2,1-3H3. The van der Waals surface area contributed by atoms with Crippen LogP contribution in [0, 0.1) is 13.8 Å². The molecule has 2 aromatic rings. The molecule has 1 atom stereocenters. The van der Waals surface area contributed by atoms with Crippen molar-refractivity contribution in [1.82, 2.24) is 9.97 Å². The summed E-state index contributed by atoms with van der Waals surface area (Å²) in [5, 5.41) is 13.1. The van der Waals surface area contributed by atoms with Gasteiger partial charge in [0, 0.05) is 18.1 Å². The molecule has 0 fully saturated rings.